The maximum atomic E-state index is 12.2. The largest absolute Gasteiger partial charge is 0.456 e. The molecule has 9 heteroatoms. The lowest BCUT2D eigenvalue weighted by Gasteiger charge is -2.09. The van der Waals surface area contributed by atoms with Crippen molar-refractivity contribution in [3.05, 3.63) is 81.4 Å². The quantitative estimate of drug-likeness (QED) is 0.587. The third kappa shape index (κ3) is 5.41. The van der Waals surface area contributed by atoms with E-state index in [0.29, 0.717) is 16.9 Å². The first-order chi connectivity index (χ1) is 13.7. The highest BCUT2D eigenvalue weighted by molar-refractivity contribution is 5.89. The van der Waals surface area contributed by atoms with Gasteiger partial charge in [-0.2, -0.15) is 13.2 Å². The number of benzene rings is 1. The number of esters is 1. The van der Waals surface area contributed by atoms with Gasteiger partial charge in [0.2, 0.25) is 0 Å². The first-order valence-corrected chi connectivity index (χ1v) is 8.61. The number of nitrogens with zero attached hydrogens (tertiary/aromatic N) is 2. The van der Waals surface area contributed by atoms with Gasteiger partial charge in [-0.25, -0.2) is 9.78 Å². The number of alkyl halides is 3. The summed E-state index contributed by atoms with van der Waals surface area (Å²) in [5.41, 5.74) is 2.03. The molecule has 6 nitrogen and oxygen atoms in total. The number of rotatable bonds is 6. The Bertz CT molecular complexity index is 1080. The molecule has 3 aromatic rings. The van der Waals surface area contributed by atoms with Crippen LogP contribution >= 0.6 is 0 Å². The van der Waals surface area contributed by atoms with E-state index in [-0.39, 0.29) is 24.3 Å². The molecule has 3 rings (SSSR count). The summed E-state index contributed by atoms with van der Waals surface area (Å²) in [6.45, 7) is 0.0705. The Labute approximate surface area is 163 Å². The Morgan fingerprint density at radius 2 is 1.86 bits per heavy atom. The van der Waals surface area contributed by atoms with E-state index >= 15 is 0 Å². The minimum atomic E-state index is -4.39. The van der Waals surface area contributed by atoms with Gasteiger partial charge in [0.05, 0.1) is 17.9 Å². The van der Waals surface area contributed by atoms with Gasteiger partial charge in [-0.3, -0.25) is 9.20 Å². The summed E-state index contributed by atoms with van der Waals surface area (Å²) < 4.78 is 47.4. The molecule has 0 aliphatic carbocycles. The van der Waals surface area contributed by atoms with Crippen molar-refractivity contribution in [3.8, 4) is 0 Å². The predicted octanol–water partition coefficient (Wildman–Crippen LogP) is 3.44. The molecule has 0 atom stereocenters. The summed E-state index contributed by atoms with van der Waals surface area (Å²) >= 11 is 0. The van der Waals surface area contributed by atoms with E-state index in [4.69, 9.17) is 4.74 Å². The van der Waals surface area contributed by atoms with E-state index in [9.17, 15) is 22.8 Å². The van der Waals surface area contributed by atoms with Crippen LogP contribution in [0.25, 0.3) is 5.65 Å². The molecule has 0 saturated carbocycles. The molecule has 0 fully saturated rings. The SMILES string of the molecule is Cc1cccn2c(=O)cc(COC(=O)c3ccc(COCC(F)(F)F)cc3)nc12. The van der Waals surface area contributed by atoms with Gasteiger partial charge in [0.15, 0.2) is 0 Å². The lowest BCUT2D eigenvalue weighted by Crippen LogP contribution is -2.17. The van der Waals surface area contributed by atoms with E-state index in [1.165, 1.54) is 34.7 Å². The Hall–Kier alpha value is -3.20. The van der Waals surface area contributed by atoms with Crippen molar-refractivity contribution >= 4 is 11.6 Å². The molecule has 2 aromatic heterocycles. The maximum absolute atomic E-state index is 12.2. The van der Waals surface area contributed by atoms with Gasteiger partial charge < -0.3 is 9.47 Å². The third-order valence-corrected chi connectivity index (χ3v) is 4.01. The smallest absolute Gasteiger partial charge is 0.411 e. The maximum Gasteiger partial charge on any atom is 0.411 e. The molecule has 1 aromatic carbocycles. The molecule has 0 radical (unpaired) electrons. The highest BCUT2D eigenvalue weighted by Crippen LogP contribution is 2.16. The average Bonchev–Trinajstić information content (AvgIpc) is 2.66. The van der Waals surface area contributed by atoms with E-state index in [1.54, 1.807) is 12.3 Å². The summed E-state index contributed by atoms with van der Waals surface area (Å²) in [5, 5.41) is 0. The van der Waals surface area contributed by atoms with Crippen molar-refractivity contribution < 1.29 is 27.4 Å². The first kappa shape index (κ1) is 20.5. The number of ether oxygens (including phenoxy) is 2. The molecule has 0 aliphatic rings. The van der Waals surface area contributed by atoms with Crippen molar-refractivity contribution in [2.45, 2.75) is 26.3 Å². The summed E-state index contributed by atoms with van der Waals surface area (Å²) in [6, 6.07) is 10.7. The van der Waals surface area contributed by atoms with Crippen molar-refractivity contribution in [1.82, 2.24) is 9.38 Å². The first-order valence-electron chi connectivity index (χ1n) is 8.61. The number of pyridine rings is 1. The van der Waals surface area contributed by atoms with Gasteiger partial charge in [0.25, 0.3) is 5.56 Å². The number of aromatic nitrogens is 2. The van der Waals surface area contributed by atoms with Crippen LogP contribution in [0.5, 0.6) is 0 Å². The number of carbonyl (C=O) groups is 1. The molecule has 0 amide bonds. The van der Waals surface area contributed by atoms with E-state index in [0.717, 1.165) is 5.56 Å². The van der Waals surface area contributed by atoms with E-state index in [1.807, 2.05) is 13.0 Å². The second-order valence-corrected chi connectivity index (χ2v) is 6.35. The van der Waals surface area contributed by atoms with Gasteiger partial charge in [-0.15, -0.1) is 0 Å². The summed E-state index contributed by atoms with van der Waals surface area (Å²) in [5.74, 6) is -0.639. The molecule has 0 aliphatic heterocycles. The fourth-order valence-electron chi connectivity index (χ4n) is 2.63. The van der Waals surface area contributed by atoms with Crippen LogP contribution in [0.15, 0.2) is 53.5 Å². The normalized spacial score (nSPS) is 11.6. The van der Waals surface area contributed by atoms with Gasteiger partial charge in [-0.05, 0) is 36.2 Å². The number of hydrogen-bond acceptors (Lipinski definition) is 5. The molecule has 0 bridgehead atoms. The van der Waals surface area contributed by atoms with Crippen molar-refractivity contribution in [2.75, 3.05) is 6.61 Å². The van der Waals surface area contributed by atoms with E-state index < -0.39 is 18.8 Å². The molecule has 2 heterocycles. The highest BCUT2D eigenvalue weighted by Gasteiger charge is 2.27. The van der Waals surface area contributed by atoms with Crippen LogP contribution in [-0.4, -0.2) is 28.1 Å². The second kappa shape index (κ2) is 8.44. The third-order valence-electron chi connectivity index (χ3n) is 4.01. The minimum absolute atomic E-state index is 0.185. The zero-order valence-electron chi connectivity index (χ0n) is 15.4. The summed E-state index contributed by atoms with van der Waals surface area (Å²) in [4.78, 5) is 28.7. The number of halogens is 3. The van der Waals surface area contributed by atoms with Crippen LogP contribution in [0.4, 0.5) is 13.2 Å². The molecular weight excluding hydrogens is 389 g/mol. The number of aryl methyl sites for hydroxylation is 1. The standard InChI is InChI=1S/C20H17F3N2O4/c1-13-3-2-8-25-17(26)9-16(24-18(13)25)11-29-19(27)15-6-4-14(5-7-15)10-28-12-20(21,22)23/h2-9H,10-12H2,1H3. The molecule has 0 saturated heterocycles. The van der Waals surface area contributed by atoms with Gasteiger partial charge in [0.1, 0.15) is 18.9 Å². The van der Waals surface area contributed by atoms with Crippen LogP contribution < -0.4 is 5.56 Å². The van der Waals surface area contributed by atoms with Crippen LogP contribution in [0.3, 0.4) is 0 Å². The van der Waals surface area contributed by atoms with Crippen molar-refractivity contribution in [2.24, 2.45) is 0 Å². The highest BCUT2D eigenvalue weighted by atomic mass is 19.4. The fraction of sp³-hybridized carbons (Fsp3) is 0.250. The lowest BCUT2D eigenvalue weighted by atomic mass is 10.1. The molecule has 0 N–H and O–H groups in total. The average molecular weight is 406 g/mol. The van der Waals surface area contributed by atoms with Gasteiger partial charge >= 0.3 is 12.1 Å². The Morgan fingerprint density at radius 3 is 2.55 bits per heavy atom. The Kier molecular flexibility index (Phi) is 5.97. The fourth-order valence-corrected chi connectivity index (χ4v) is 2.63. The topological polar surface area (TPSA) is 69.9 Å². The number of carbonyl (C=O) groups excluding carboxylic acids is 1. The molecule has 0 unspecified atom stereocenters. The second-order valence-electron chi connectivity index (χ2n) is 6.35. The lowest BCUT2D eigenvalue weighted by molar-refractivity contribution is -0.176. The number of fused-ring (bicyclic) bond motifs is 1. The summed E-state index contributed by atoms with van der Waals surface area (Å²) in [6.07, 6.45) is -2.78. The molecular formula is C20H17F3N2O4. The minimum Gasteiger partial charge on any atom is -0.456 e. The van der Waals surface area contributed by atoms with Gasteiger partial charge in [0, 0.05) is 12.3 Å². The van der Waals surface area contributed by atoms with Gasteiger partial charge in [-0.1, -0.05) is 18.2 Å². The summed E-state index contributed by atoms with van der Waals surface area (Å²) in [7, 11) is 0. The predicted molar refractivity (Wildman–Crippen MR) is 97.5 cm³/mol. The van der Waals surface area contributed by atoms with Crippen LogP contribution in [0.2, 0.25) is 0 Å². The molecule has 0 spiro atoms. The van der Waals surface area contributed by atoms with Crippen LogP contribution in [-0.2, 0) is 22.7 Å². The van der Waals surface area contributed by atoms with E-state index in [2.05, 4.69) is 9.72 Å². The number of hydrogen-bond donors (Lipinski definition) is 0. The Morgan fingerprint density at radius 1 is 1.14 bits per heavy atom. The van der Waals surface area contributed by atoms with Crippen LogP contribution in [0, 0.1) is 6.92 Å². The van der Waals surface area contributed by atoms with Crippen molar-refractivity contribution in [3.63, 3.8) is 0 Å². The van der Waals surface area contributed by atoms with Crippen molar-refractivity contribution in [1.29, 1.82) is 0 Å². The zero-order valence-corrected chi connectivity index (χ0v) is 15.4. The Balaban J connectivity index is 1.61. The molecule has 152 valence electrons. The monoisotopic (exact) mass is 406 g/mol. The zero-order chi connectivity index (χ0) is 21.0. The van der Waals surface area contributed by atoms with Crippen LogP contribution in [0.1, 0.15) is 27.2 Å². The molecule has 29 heavy (non-hydrogen) atoms.